The molecule has 0 aromatic heterocycles. The lowest BCUT2D eigenvalue weighted by Gasteiger charge is -2.11. The summed E-state index contributed by atoms with van der Waals surface area (Å²) >= 11 is 0. The zero-order valence-electron chi connectivity index (χ0n) is 16.6. The molecule has 7 nitrogen and oxygen atoms in total. The SMILES string of the molecule is CCNC(=NCc1cccc(S(=O)(=O)NCc2cccc(F)c2)c1)NCCOC. The minimum absolute atomic E-state index is 0.0104. The van der Waals surface area contributed by atoms with E-state index in [1.807, 2.05) is 13.0 Å². The molecule has 0 atom stereocenters. The summed E-state index contributed by atoms with van der Waals surface area (Å²) in [6, 6.07) is 12.4. The molecule has 0 heterocycles. The van der Waals surface area contributed by atoms with E-state index in [-0.39, 0.29) is 11.4 Å². The maximum absolute atomic E-state index is 13.3. The third-order valence-electron chi connectivity index (χ3n) is 3.93. The quantitative estimate of drug-likeness (QED) is 0.310. The molecule has 9 heteroatoms. The van der Waals surface area contributed by atoms with E-state index in [0.717, 1.165) is 5.56 Å². The van der Waals surface area contributed by atoms with Crippen molar-refractivity contribution in [3.63, 3.8) is 0 Å². The number of nitrogens with one attached hydrogen (secondary N) is 3. The Balaban J connectivity index is 2.05. The zero-order chi connectivity index (χ0) is 21.1. The molecule has 0 radical (unpaired) electrons. The van der Waals surface area contributed by atoms with Gasteiger partial charge in [-0.2, -0.15) is 0 Å². The molecule has 0 spiro atoms. The first-order valence-corrected chi connectivity index (χ1v) is 10.8. The summed E-state index contributed by atoms with van der Waals surface area (Å²) in [7, 11) is -2.10. The second kappa shape index (κ2) is 11.5. The summed E-state index contributed by atoms with van der Waals surface area (Å²) in [4.78, 5) is 4.60. The van der Waals surface area contributed by atoms with Crippen molar-refractivity contribution in [3.8, 4) is 0 Å². The fraction of sp³-hybridized carbons (Fsp3) is 0.350. The van der Waals surface area contributed by atoms with Gasteiger partial charge in [0.25, 0.3) is 0 Å². The first kappa shape index (κ1) is 22.8. The van der Waals surface area contributed by atoms with Crippen molar-refractivity contribution >= 4 is 16.0 Å². The van der Waals surface area contributed by atoms with E-state index in [1.165, 1.54) is 18.2 Å². The van der Waals surface area contributed by atoms with Gasteiger partial charge in [-0.1, -0.05) is 24.3 Å². The standard InChI is InChI=1S/C20H27FN4O3S/c1-3-22-20(23-10-11-28-2)24-14-17-7-5-9-19(13-17)29(26,27)25-15-16-6-4-8-18(21)12-16/h4-9,12-13,25H,3,10-11,14-15H2,1-2H3,(H2,22,23,24). The minimum atomic E-state index is -3.73. The van der Waals surface area contributed by atoms with Gasteiger partial charge in [0, 0.05) is 26.7 Å². The number of methoxy groups -OCH3 is 1. The number of benzene rings is 2. The molecule has 0 aliphatic rings. The van der Waals surface area contributed by atoms with Crippen molar-refractivity contribution in [2.75, 3.05) is 26.8 Å². The highest BCUT2D eigenvalue weighted by Gasteiger charge is 2.14. The molecule has 0 aliphatic heterocycles. The number of halogens is 1. The van der Waals surface area contributed by atoms with Gasteiger partial charge < -0.3 is 15.4 Å². The summed E-state index contributed by atoms with van der Waals surface area (Å²) in [5.41, 5.74) is 1.30. The van der Waals surface area contributed by atoms with Crippen LogP contribution in [-0.2, 0) is 27.8 Å². The average molecular weight is 423 g/mol. The molecule has 2 aromatic rings. The van der Waals surface area contributed by atoms with E-state index < -0.39 is 15.8 Å². The molecule has 0 aliphatic carbocycles. The first-order valence-electron chi connectivity index (χ1n) is 9.28. The number of aliphatic imine (C=N–C) groups is 1. The van der Waals surface area contributed by atoms with Crippen molar-refractivity contribution in [1.29, 1.82) is 0 Å². The molecule has 0 fully saturated rings. The fourth-order valence-electron chi connectivity index (χ4n) is 2.50. The van der Waals surface area contributed by atoms with Crippen LogP contribution in [0.15, 0.2) is 58.4 Å². The zero-order valence-corrected chi connectivity index (χ0v) is 17.4. The highest BCUT2D eigenvalue weighted by molar-refractivity contribution is 7.89. The van der Waals surface area contributed by atoms with Gasteiger partial charge >= 0.3 is 0 Å². The van der Waals surface area contributed by atoms with Gasteiger partial charge in [-0.3, -0.25) is 0 Å². The molecule has 2 aromatic carbocycles. The Morgan fingerprint density at radius 2 is 1.86 bits per heavy atom. The lowest BCUT2D eigenvalue weighted by atomic mass is 10.2. The molecule has 0 amide bonds. The Labute approximate surface area is 171 Å². The van der Waals surface area contributed by atoms with Crippen LogP contribution in [0.1, 0.15) is 18.1 Å². The molecular weight excluding hydrogens is 395 g/mol. The molecule has 158 valence electrons. The average Bonchev–Trinajstić information content (AvgIpc) is 2.71. The van der Waals surface area contributed by atoms with Crippen molar-refractivity contribution < 1.29 is 17.5 Å². The maximum atomic E-state index is 13.3. The fourth-order valence-corrected chi connectivity index (χ4v) is 3.59. The first-order chi connectivity index (χ1) is 13.9. The van der Waals surface area contributed by atoms with Gasteiger partial charge in [-0.25, -0.2) is 22.5 Å². The predicted molar refractivity (Wildman–Crippen MR) is 112 cm³/mol. The number of ether oxygens (including phenoxy) is 1. The van der Waals surface area contributed by atoms with Crippen molar-refractivity contribution in [2.45, 2.75) is 24.9 Å². The molecule has 0 unspecified atom stereocenters. The number of nitrogens with zero attached hydrogens (tertiary/aromatic N) is 1. The van der Waals surface area contributed by atoms with Crippen molar-refractivity contribution in [1.82, 2.24) is 15.4 Å². The highest BCUT2D eigenvalue weighted by atomic mass is 32.2. The van der Waals surface area contributed by atoms with Gasteiger partial charge in [0.05, 0.1) is 18.0 Å². The Bertz CT molecular complexity index is 919. The van der Waals surface area contributed by atoms with Crippen LogP contribution in [0.3, 0.4) is 0 Å². The summed E-state index contributed by atoms with van der Waals surface area (Å²) in [5.74, 6) is 0.221. The largest absolute Gasteiger partial charge is 0.383 e. The Morgan fingerprint density at radius 1 is 1.10 bits per heavy atom. The molecule has 29 heavy (non-hydrogen) atoms. The van der Waals surface area contributed by atoms with Crippen LogP contribution in [-0.4, -0.2) is 41.2 Å². The molecule has 0 bridgehead atoms. The molecular formula is C20H27FN4O3S. The second-order valence-corrected chi connectivity index (χ2v) is 7.98. The third kappa shape index (κ3) is 7.80. The van der Waals surface area contributed by atoms with Crippen molar-refractivity contribution in [2.24, 2.45) is 4.99 Å². The summed E-state index contributed by atoms with van der Waals surface area (Å²) in [6.45, 7) is 4.16. The van der Waals surface area contributed by atoms with Gasteiger partial charge in [0.1, 0.15) is 5.82 Å². The van der Waals surface area contributed by atoms with E-state index in [4.69, 9.17) is 4.74 Å². The third-order valence-corrected chi connectivity index (χ3v) is 5.33. The number of guanidine groups is 1. The molecule has 2 rings (SSSR count). The van der Waals surface area contributed by atoms with Crippen LogP contribution in [0.5, 0.6) is 0 Å². The Hall–Kier alpha value is -2.49. The van der Waals surface area contributed by atoms with E-state index in [0.29, 0.717) is 37.8 Å². The molecule has 0 saturated carbocycles. The van der Waals surface area contributed by atoms with Crippen LogP contribution < -0.4 is 15.4 Å². The molecule has 0 saturated heterocycles. The smallest absolute Gasteiger partial charge is 0.240 e. The normalized spacial score (nSPS) is 12.0. The van der Waals surface area contributed by atoms with E-state index >= 15 is 0 Å². The summed E-state index contributed by atoms with van der Waals surface area (Å²) in [5, 5.41) is 6.25. The van der Waals surface area contributed by atoms with Gasteiger partial charge in [0.15, 0.2) is 5.96 Å². The van der Waals surface area contributed by atoms with E-state index in [2.05, 4.69) is 20.3 Å². The molecule has 3 N–H and O–H groups in total. The van der Waals surface area contributed by atoms with Crippen LogP contribution in [0.4, 0.5) is 4.39 Å². The van der Waals surface area contributed by atoms with Crippen molar-refractivity contribution in [3.05, 3.63) is 65.5 Å². The highest BCUT2D eigenvalue weighted by Crippen LogP contribution is 2.13. The van der Waals surface area contributed by atoms with Gasteiger partial charge in [0.2, 0.25) is 10.0 Å². The van der Waals surface area contributed by atoms with Crippen LogP contribution in [0.25, 0.3) is 0 Å². The Kier molecular flexibility index (Phi) is 9.04. The number of sulfonamides is 1. The second-order valence-electron chi connectivity index (χ2n) is 6.22. The monoisotopic (exact) mass is 422 g/mol. The van der Waals surface area contributed by atoms with Crippen LogP contribution in [0.2, 0.25) is 0 Å². The van der Waals surface area contributed by atoms with E-state index in [9.17, 15) is 12.8 Å². The summed E-state index contributed by atoms with van der Waals surface area (Å²) in [6.07, 6.45) is 0. The number of rotatable bonds is 10. The van der Waals surface area contributed by atoms with Crippen LogP contribution >= 0.6 is 0 Å². The topological polar surface area (TPSA) is 91.8 Å². The lowest BCUT2D eigenvalue weighted by Crippen LogP contribution is -2.38. The Morgan fingerprint density at radius 3 is 2.59 bits per heavy atom. The maximum Gasteiger partial charge on any atom is 0.240 e. The van der Waals surface area contributed by atoms with Crippen LogP contribution in [0, 0.1) is 5.82 Å². The lowest BCUT2D eigenvalue weighted by molar-refractivity contribution is 0.203. The predicted octanol–water partition coefficient (Wildman–Crippen LogP) is 2.01. The number of hydrogen-bond acceptors (Lipinski definition) is 4. The summed E-state index contributed by atoms with van der Waals surface area (Å²) < 4.78 is 45.9. The number of hydrogen-bond donors (Lipinski definition) is 3. The minimum Gasteiger partial charge on any atom is -0.383 e. The van der Waals surface area contributed by atoms with Gasteiger partial charge in [-0.05, 0) is 42.3 Å². The van der Waals surface area contributed by atoms with E-state index in [1.54, 1.807) is 31.4 Å². The van der Waals surface area contributed by atoms with Gasteiger partial charge in [-0.15, -0.1) is 0 Å².